The lowest BCUT2D eigenvalue weighted by Crippen LogP contribution is -2.44. The Kier molecular flexibility index (Phi) is 18.7. The number of carbonyl (C=O) groups is 2. The number of hydrogen-bond donors (Lipinski definition) is 3. The molecule has 0 aliphatic carbocycles. The molecule has 0 aromatic rings. The first-order chi connectivity index (χ1) is 14.8. The zero-order valence-electron chi connectivity index (χ0n) is 19.2. The molecule has 0 aliphatic rings. The molecule has 0 fully saturated rings. The number of esters is 1. The quantitative estimate of drug-likeness (QED) is 0.103. The van der Waals surface area contributed by atoms with Crippen LogP contribution in [0.25, 0.3) is 0 Å². The van der Waals surface area contributed by atoms with Gasteiger partial charge in [0.05, 0.1) is 13.7 Å². The summed E-state index contributed by atoms with van der Waals surface area (Å²) in [6.45, 7) is 1.59. The van der Waals surface area contributed by atoms with Crippen molar-refractivity contribution in [2.45, 2.75) is 103 Å². The second-order valence-electron chi connectivity index (χ2n) is 7.76. The van der Waals surface area contributed by atoms with Crippen LogP contribution < -0.4 is 5.32 Å². The fourth-order valence-corrected chi connectivity index (χ4v) is 3.45. The molecule has 3 N–H and O–H groups in total. The second kappa shape index (κ2) is 19.5. The van der Waals surface area contributed by atoms with Crippen LogP contribution in [0.4, 0.5) is 0 Å². The molecule has 0 aromatic heterocycles. The molecular formula is C22H42NO7P. The fourth-order valence-electron chi connectivity index (χ4n) is 3.11. The van der Waals surface area contributed by atoms with Gasteiger partial charge in [-0.15, -0.1) is 0 Å². The summed E-state index contributed by atoms with van der Waals surface area (Å²) in [5.41, 5.74) is 0. The summed E-state index contributed by atoms with van der Waals surface area (Å²) in [5.74, 6) is -1.19. The molecule has 0 aliphatic heterocycles. The zero-order chi connectivity index (χ0) is 23.4. The molecule has 0 spiro atoms. The van der Waals surface area contributed by atoms with Gasteiger partial charge in [-0.2, -0.15) is 0 Å². The van der Waals surface area contributed by atoms with Crippen molar-refractivity contribution < 1.29 is 33.2 Å². The Balaban J connectivity index is 3.72. The third-order valence-corrected chi connectivity index (χ3v) is 5.38. The molecule has 0 heterocycles. The van der Waals surface area contributed by atoms with Crippen molar-refractivity contribution in [3.05, 3.63) is 12.2 Å². The van der Waals surface area contributed by atoms with Crippen molar-refractivity contribution in [1.82, 2.24) is 5.32 Å². The second-order valence-corrected chi connectivity index (χ2v) is 9.00. The monoisotopic (exact) mass is 463 g/mol. The summed E-state index contributed by atoms with van der Waals surface area (Å²) < 4.78 is 19.6. The third-order valence-electron chi connectivity index (χ3n) is 4.90. The number of allylic oxidation sites excluding steroid dienone is 2. The Morgan fingerprint density at radius 1 is 0.903 bits per heavy atom. The molecule has 0 aromatic carbocycles. The van der Waals surface area contributed by atoms with Crippen molar-refractivity contribution in [2.75, 3.05) is 13.7 Å². The minimum atomic E-state index is -4.73. The van der Waals surface area contributed by atoms with Crippen molar-refractivity contribution in [3.8, 4) is 0 Å². The summed E-state index contributed by atoms with van der Waals surface area (Å²) in [4.78, 5) is 41.0. The van der Waals surface area contributed by atoms with E-state index in [0.717, 1.165) is 39.2 Å². The average molecular weight is 464 g/mol. The fraction of sp³-hybridized carbons (Fsp3) is 0.818. The van der Waals surface area contributed by atoms with Gasteiger partial charge in [0.15, 0.2) is 6.04 Å². The number of unbranched alkanes of at least 4 members (excludes halogenated alkanes) is 11. The predicted molar refractivity (Wildman–Crippen MR) is 121 cm³/mol. The van der Waals surface area contributed by atoms with E-state index in [2.05, 4.69) is 33.7 Å². The van der Waals surface area contributed by atoms with E-state index in [0.29, 0.717) is 6.42 Å². The van der Waals surface area contributed by atoms with Gasteiger partial charge in [-0.3, -0.25) is 9.32 Å². The SMILES string of the molecule is CCCCCCCC/C=C\CCCCCCCC(=O)N[C@H](COP(=O)(O)O)C(=O)OC. The lowest BCUT2D eigenvalue weighted by molar-refractivity contribution is -0.146. The first kappa shape index (κ1) is 29.8. The van der Waals surface area contributed by atoms with Crippen LogP contribution in [0.5, 0.6) is 0 Å². The van der Waals surface area contributed by atoms with Crippen molar-refractivity contribution in [2.24, 2.45) is 0 Å². The van der Waals surface area contributed by atoms with E-state index in [9.17, 15) is 14.2 Å². The summed E-state index contributed by atoms with van der Waals surface area (Å²) >= 11 is 0. The van der Waals surface area contributed by atoms with Gasteiger partial charge in [-0.25, -0.2) is 9.36 Å². The van der Waals surface area contributed by atoms with E-state index in [1.807, 2.05) is 0 Å². The lowest BCUT2D eigenvalue weighted by Gasteiger charge is -2.16. The Bertz CT molecular complexity index is 548. The van der Waals surface area contributed by atoms with Crippen LogP contribution in [0.15, 0.2) is 12.2 Å². The molecule has 31 heavy (non-hydrogen) atoms. The summed E-state index contributed by atoms with van der Waals surface area (Å²) in [7, 11) is -3.60. The highest BCUT2D eigenvalue weighted by Gasteiger charge is 2.25. The number of phosphoric acid groups is 1. The van der Waals surface area contributed by atoms with E-state index in [-0.39, 0.29) is 12.3 Å². The molecule has 182 valence electrons. The van der Waals surface area contributed by atoms with Crippen LogP contribution >= 0.6 is 7.82 Å². The highest BCUT2D eigenvalue weighted by Crippen LogP contribution is 2.35. The molecule has 0 saturated carbocycles. The summed E-state index contributed by atoms with van der Waals surface area (Å²) in [5, 5.41) is 2.40. The Morgan fingerprint density at radius 3 is 1.94 bits per heavy atom. The van der Waals surface area contributed by atoms with E-state index < -0.39 is 26.4 Å². The van der Waals surface area contributed by atoms with Gasteiger partial charge in [-0.1, -0.05) is 70.4 Å². The molecule has 0 saturated heterocycles. The highest BCUT2D eigenvalue weighted by molar-refractivity contribution is 7.46. The maximum atomic E-state index is 12.0. The minimum Gasteiger partial charge on any atom is -0.467 e. The molecule has 0 unspecified atom stereocenters. The van der Waals surface area contributed by atoms with Crippen LogP contribution in [0.2, 0.25) is 0 Å². The van der Waals surface area contributed by atoms with Gasteiger partial charge in [0.2, 0.25) is 5.91 Å². The van der Waals surface area contributed by atoms with Gasteiger partial charge in [0, 0.05) is 6.42 Å². The molecular weight excluding hydrogens is 421 g/mol. The standard InChI is InChI=1S/C22H42NO7P/c1-3-4-5-6-7-8-9-10-11-12-13-14-15-16-17-18-21(24)23-20(22(25)29-2)19-30-31(26,27)28/h10-11,20H,3-9,12-19H2,1-2H3,(H,23,24)(H2,26,27,28)/b11-10-/t20-/m1/s1. The van der Waals surface area contributed by atoms with Gasteiger partial charge in [0.1, 0.15) is 0 Å². The van der Waals surface area contributed by atoms with Crippen molar-refractivity contribution in [3.63, 3.8) is 0 Å². The Hall–Kier alpha value is -1.21. The molecule has 9 heteroatoms. The van der Waals surface area contributed by atoms with E-state index >= 15 is 0 Å². The molecule has 8 nitrogen and oxygen atoms in total. The van der Waals surface area contributed by atoms with Crippen LogP contribution in [0, 0.1) is 0 Å². The minimum absolute atomic E-state index is 0.238. The zero-order valence-corrected chi connectivity index (χ0v) is 20.1. The van der Waals surface area contributed by atoms with Gasteiger partial charge in [-0.05, 0) is 32.1 Å². The van der Waals surface area contributed by atoms with Gasteiger partial charge >= 0.3 is 13.8 Å². The predicted octanol–water partition coefficient (Wildman–Crippen LogP) is 4.79. The normalized spacial score (nSPS) is 12.8. The Labute approximate surface area is 187 Å². The summed E-state index contributed by atoms with van der Waals surface area (Å²) in [6, 6.07) is -1.24. The van der Waals surface area contributed by atoms with E-state index in [4.69, 9.17) is 9.79 Å². The van der Waals surface area contributed by atoms with Crippen LogP contribution in [-0.2, 0) is 23.4 Å². The number of hydrogen-bond acceptors (Lipinski definition) is 5. The topological polar surface area (TPSA) is 122 Å². The molecule has 1 amide bonds. The van der Waals surface area contributed by atoms with Crippen LogP contribution in [0.3, 0.4) is 0 Å². The lowest BCUT2D eigenvalue weighted by atomic mass is 10.1. The number of methoxy groups -OCH3 is 1. The summed E-state index contributed by atoms with van der Waals surface area (Å²) in [6.07, 6.45) is 19.9. The van der Waals surface area contributed by atoms with Crippen LogP contribution in [-0.4, -0.2) is 41.4 Å². The number of amides is 1. The first-order valence-corrected chi connectivity index (χ1v) is 13.1. The molecule has 0 rings (SSSR count). The largest absolute Gasteiger partial charge is 0.469 e. The number of phosphoric ester groups is 1. The smallest absolute Gasteiger partial charge is 0.467 e. The average Bonchev–Trinajstić information content (AvgIpc) is 2.72. The number of rotatable bonds is 20. The van der Waals surface area contributed by atoms with E-state index in [1.165, 1.54) is 44.9 Å². The van der Waals surface area contributed by atoms with Gasteiger partial charge < -0.3 is 19.8 Å². The van der Waals surface area contributed by atoms with Crippen molar-refractivity contribution >= 4 is 19.7 Å². The Morgan fingerprint density at radius 2 is 1.42 bits per heavy atom. The number of ether oxygens (including phenoxy) is 1. The maximum Gasteiger partial charge on any atom is 0.469 e. The van der Waals surface area contributed by atoms with E-state index in [1.54, 1.807) is 0 Å². The maximum absolute atomic E-state index is 12.0. The van der Waals surface area contributed by atoms with Crippen LogP contribution in [0.1, 0.15) is 96.8 Å². The molecule has 0 bridgehead atoms. The first-order valence-electron chi connectivity index (χ1n) is 11.5. The molecule has 1 atom stereocenters. The highest BCUT2D eigenvalue weighted by atomic mass is 31.2. The number of carbonyl (C=O) groups excluding carboxylic acids is 2. The molecule has 0 radical (unpaired) electrons. The number of nitrogens with one attached hydrogen (secondary N) is 1. The van der Waals surface area contributed by atoms with Gasteiger partial charge in [0.25, 0.3) is 0 Å². The van der Waals surface area contributed by atoms with Crippen molar-refractivity contribution in [1.29, 1.82) is 0 Å². The third kappa shape index (κ3) is 20.4.